The number of nitro groups is 1. The van der Waals surface area contributed by atoms with Gasteiger partial charge in [0.25, 0.3) is 5.69 Å². The van der Waals surface area contributed by atoms with Gasteiger partial charge in [0, 0.05) is 25.2 Å². The van der Waals surface area contributed by atoms with E-state index in [0.29, 0.717) is 18.8 Å². The van der Waals surface area contributed by atoms with Crippen LogP contribution in [0.3, 0.4) is 0 Å². The van der Waals surface area contributed by atoms with Gasteiger partial charge in [-0.1, -0.05) is 19.9 Å². The maximum absolute atomic E-state index is 12.3. The number of nitro benzene ring substituents is 1. The average Bonchev–Trinajstić information content (AvgIpc) is 2.53. The number of rotatable bonds is 4. The standard InChI is InChI=1S/C19H29N3O4/c1-13(2)14-8-9-17(22(24)25)16(11-14)20-15-7-6-10-21(12-15)18(23)26-19(3,4)5/h8-9,11,13,15,20H,6-7,10,12H2,1-5H3/t15-/m0/s1. The fourth-order valence-electron chi connectivity index (χ4n) is 2.99. The third kappa shape index (κ3) is 5.34. The van der Waals surface area contributed by atoms with Crippen LogP contribution in [0.2, 0.25) is 0 Å². The first-order valence-electron chi connectivity index (χ1n) is 9.09. The number of hydrogen-bond donors (Lipinski definition) is 1. The highest BCUT2D eigenvalue weighted by Crippen LogP contribution is 2.30. The van der Waals surface area contributed by atoms with E-state index in [-0.39, 0.29) is 28.7 Å². The molecule has 1 N–H and O–H groups in total. The van der Waals surface area contributed by atoms with Gasteiger partial charge >= 0.3 is 6.09 Å². The van der Waals surface area contributed by atoms with Gasteiger partial charge in [-0.3, -0.25) is 10.1 Å². The molecule has 1 aromatic carbocycles. The van der Waals surface area contributed by atoms with Crippen LogP contribution >= 0.6 is 0 Å². The quantitative estimate of drug-likeness (QED) is 0.627. The summed E-state index contributed by atoms with van der Waals surface area (Å²) in [6.07, 6.45) is 1.34. The molecule has 0 radical (unpaired) electrons. The van der Waals surface area contributed by atoms with E-state index < -0.39 is 5.60 Å². The molecule has 0 aliphatic carbocycles. The van der Waals surface area contributed by atoms with Gasteiger partial charge in [-0.05, 0) is 51.2 Å². The highest BCUT2D eigenvalue weighted by atomic mass is 16.6. The molecule has 0 saturated carbocycles. The fraction of sp³-hybridized carbons (Fsp3) is 0.632. The fourth-order valence-corrected chi connectivity index (χ4v) is 2.99. The molecule has 1 amide bonds. The van der Waals surface area contributed by atoms with Crippen molar-refractivity contribution in [2.24, 2.45) is 0 Å². The SMILES string of the molecule is CC(C)c1ccc([N+](=O)[O-])c(N[C@H]2CCCN(C(=O)OC(C)(C)C)C2)c1. The average molecular weight is 363 g/mol. The van der Waals surface area contributed by atoms with Gasteiger partial charge in [0.1, 0.15) is 11.3 Å². The van der Waals surface area contributed by atoms with Crippen molar-refractivity contribution in [1.82, 2.24) is 4.90 Å². The van der Waals surface area contributed by atoms with E-state index >= 15 is 0 Å². The molecular formula is C19H29N3O4. The molecule has 1 aliphatic heterocycles. The molecule has 0 bridgehead atoms. The van der Waals surface area contributed by atoms with E-state index in [1.54, 1.807) is 17.0 Å². The number of nitrogens with zero attached hydrogens (tertiary/aromatic N) is 2. The number of ether oxygens (including phenoxy) is 1. The Labute approximate surface area is 154 Å². The van der Waals surface area contributed by atoms with E-state index in [1.165, 1.54) is 0 Å². The van der Waals surface area contributed by atoms with Crippen molar-refractivity contribution in [1.29, 1.82) is 0 Å². The lowest BCUT2D eigenvalue weighted by molar-refractivity contribution is -0.384. The topological polar surface area (TPSA) is 84.7 Å². The van der Waals surface area contributed by atoms with Gasteiger partial charge in [0.05, 0.1) is 4.92 Å². The number of piperidine rings is 1. The number of anilines is 1. The van der Waals surface area contributed by atoms with Gasteiger partial charge in [-0.25, -0.2) is 4.79 Å². The minimum atomic E-state index is -0.540. The van der Waals surface area contributed by atoms with Crippen molar-refractivity contribution in [2.75, 3.05) is 18.4 Å². The minimum absolute atomic E-state index is 0.0441. The second-order valence-corrected chi connectivity index (χ2v) is 8.10. The Morgan fingerprint density at radius 1 is 1.38 bits per heavy atom. The second-order valence-electron chi connectivity index (χ2n) is 8.10. The van der Waals surface area contributed by atoms with Crippen molar-refractivity contribution in [2.45, 2.75) is 65.0 Å². The first-order valence-corrected chi connectivity index (χ1v) is 9.09. The molecule has 144 valence electrons. The largest absolute Gasteiger partial charge is 0.444 e. The van der Waals surface area contributed by atoms with Crippen LogP contribution in [0.1, 0.15) is 58.9 Å². The van der Waals surface area contributed by atoms with Crippen LogP contribution in [0.15, 0.2) is 18.2 Å². The molecule has 1 atom stereocenters. The maximum atomic E-state index is 12.3. The van der Waals surface area contributed by atoms with Gasteiger partial charge < -0.3 is 15.0 Å². The van der Waals surface area contributed by atoms with Crippen LogP contribution in [0.25, 0.3) is 0 Å². The molecule has 1 fully saturated rings. The number of likely N-dealkylation sites (tertiary alicyclic amines) is 1. The number of carbonyl (C=O) groups is 1. The Hall–Kier alpha value is -2.31. The Kier molecular flexibility index (Phi) is 6.10. The highest BCUT2D eigenvalue weighted by Gasteiger charge is 2.28. The summed E-state index contributed by atoms with van der Waals surface area (Å²) in [6, 6.07) is 5.14. The molecule has 26 heavy (non-hydrogen) atoms. The second kappa shape index (κ2) is 7.93. The summed E-state index contributed by atoms with van der Waals surface area (Å²) in [4.78, 5) is 24.9. The molecule has 0 unspecified atom stereocenters. The minimum Gasteiger partial charge on any atom is -0.444 e. The van der Waals surface area contributed by atoms with Crippen molar-refractivity contribution in [3.8, 4) is 0 Å². The number of hydrogen-bond acceptors (Lipinski definition) is 5. The first kappa shape index (κ1) is 20.0. The Balaban J connectivity index is 2.13. The third-order valence-electron chi connectivity index (χ3n) is 4.32. The smallest absolute Gasteiger partial charge is 0.410 e. The monoisotopic (exact) mass is 363 g/mol. The zero-order chi connectivity index (χ0) is 19.5. The van der Waals surface area contributed by atoms with Crippen molar-refractivity contribution in [3.05, 3.63) is 33.9 Å². The predicted octanol–water partition coefficient (Wildman–Crippen LogP) is 4.53. The molecule has 0 aromatic heterocycles. The van der Waals surface area contributed by atoms with Crippen LogP contribution in [0.4, 0.5) is 16.2 Å². The highest BCUT2D eigenvalue weighted by molar-refractivity contribution is 5.69. The van der Waals surface area contributed by atoms with E-state index in [4.69, 9.17) is 4.74 Å². The molecule has 7 heteroatoms. The van der Waals surface area contributed by atoms with E-state index in [2.05, 4.69) is 19.2 Å². The molecule has 2 rings (SSSR count). The van der Waals surface area contributed by atoms with Crippen LogP contribution in [-0.2, 0) is 4.74 Å². The lowest BCUT2D eigenvalue weighted by atomic mass is 10.0. The molecule has 1 saturated heterocycles. The zero-order valence-electron chi connectivity index (χ0n) is 16.2. The Bertz CT molecular complexity index is 667. The number of nitrogens with one attached hydrogen (secondary N) is 1. The molecular weight excluding hydrogens is 334 g/mol. The first-order chi connectivity index (χ1) is 12.1. The Morgan fingerprint density at radius 2 is 2.08 bits per heavy atom. The van der Waals surface area contributed by atoms with Crippen molar-refractivity contribution in [3.63, 3.8) is 0 Å². The molecule has 7 nitrogen and oxygen atoms in total. The van der Waals surface area contributed by atoms with Crippen LogP contribution in [0, 0.1) is 10.1 Å². The normalized spacial score (nSPS) is 17.9. The Morgan fingerprint density at radius 3 is 2.65 bits per heavy atom. The number of carbonyl (C=O) groups excluding carboxylic acids is 1. The maximum Gasteiger partial charge on any atom is 0.410 e. The van der Waals surface area contributed by atoms with Crippen molar-refractivity contribution >= 4 is 17.5 Å². The van der Waals surface area contributed by atoms with Gasteiger partial charge in [0.2, 0.25) is 0 Å². The predicted molar refractivity (Wildman–Crippen MR) is 102 cm³/mol. The summed E-state index contributed by atoms with van der Waals surface area (Å²) in [6.45, 7) is 10.7. The molecule has 0 spiro atoms. The van der Waals surface area contributed by atoms with E-state index in [1.807, 2.05) is 26.8 Å². The van der Waals surface area contributed by atoms with Gasteiger partial charge in [-0.2, -0.15) is 0 Å². The molecule has 1 aromatic rings. The van der Waals surface area contributed by atoms with E-state index in [0.717, 1.165) is 18.4 Å². The summed E-state index contributed by atoms with van der Waals surface area (Å²) >= 11 is 0. The molecule has 1 heterocycles. The number of amides is 1. The summed E-state index contributed by atoms with van der Waals surface area (Å²) in [5, 5.41) is 14.6. The van der Waals surface area contributed by atoms with Gasteiger partial charge in [0.15, 0.2) is 0 Å². The van der Waals surface area contributed by atoms with Crippen molar-refractivity contribution < 1.29 is 14.5 Å². The van der Waals surface area contributed by atoms with Crippen LogP contribution < -0.4 is 5.32 Å². The summed E-state index contributed by atoms with van der Waals surface area (Å²) in [5.74, 6) is 0.279. The summed E-state index contributed by atoms with van der Waals surface area (Å²) in [5.41, 5.74) is 1.07. The summed E-state index contributed by atoms with van der Waals surface area (Å²) in [7, 11) is 0. The van der Waals surface area contributed by atoms with Gasteiger partial charge in [-0.15, -0.1) is 0 Å². The van der Waals surface area contributed by atoms with Crippen LogP contribution in [-0.4, -0.2) is 40.6 Å². The summed E-state index contributed by atoms with van der Waals surface area (Å²) < 4.78 is 5.44. The number of benzene rings is 1. The zero-order valence-corrected chi connectivity index (χ0v) is 16.2. The lowest BCUT2D eigenvalue weighted by Gasteiger charge is -2.34. The lowest BCUT2D eigenvalue weighted by Crippen LogP contribution is -2.47. The third-order valence-corrected chi connectivity index (χ3v) is 4.32. The van der Waals surface area contributed by atoms with E-state index in [9.17, 15) is 14.9 Å². The van der Waals surface area contributed by atoms with Crippen LogP contribution in [0.5, 0.6) is 0 Å². The molecule has 1 aliphatic rings.